The van der Waals surface area contributed by atoms with Crippen molar-refractivity contribution in [1.29, 1.82) is 0 Å². The Morgan fingerprint density at radius 1 is 1.23 bits per heavy atom. The number of halogens is 1. The monoisotopic (exact) mass is 306 g/mol. The molecule has 1 aromatic rings. The maximum absolute atomic E-state index is 15.0. The Morgan fingerprint density at radius 3 is 2.64 bits per heavy atom. The summed E-state index contributed by atoms with van der Waals surface area (Å²) in [6.45, 7) is 5.68. The van der Waals surface area contributed by atoms with Gasteiger partial charge in [-0.15, -0.1) is 0 Å². The molecule has 120 valence electrons. The third kappa shape index (κ3) is 2.76. The van der Waals surface area contributed by atoms with Gasteiger partial charge in [0.15, 0.2) is 11.6 Å². The first kappa shape index (κ1) is 15.1. The van der Waals surface area contributed by atoms with Crippen molar-refractivity contribution < 1.29 is 14.0 Å². The summed E-state index contributed by atoms with van der Waals surface area (Å²) < 4.78 is 21.0. The molecule has 1 fully saturated rings. The van der Waals surface area contributed by atoms with Crippen molar-refractivity contribution in [2.24, 2.45) is 5.16 Å². The van der Waals surface area contributed by atoms with Crippen LogP contribution < -0.4 is 9.64 Å². The van der Waals surface area contributed by atoms with Gasteiger partial charge in [-0.1, -0.05) is 5.16 Å². The first-order chi connectivity index (χ1) is 10.5. The minimum Gasteiger partial charge on any atom is -0.484 e. The van der Waals surface area contributed by atoms with E-state index in [0.717, 1.165) is 31.6 Å². The van der Waals surface area contributed by atoms with Crippen molar-refractivity contribution in [3.63, 3.8) is 0 Å². The van der Waals surface area contributed by atoms with Crippen LogP contribution >= 0.6 is 0 Å². The Morgan fingerprint density at radius 2 is 1.95 bits per heavy atom. The highest BCUT2D eigenvalue weighted by molar-refractivity contribution is 6.04. The molecule has 0 aliphatic carbocycles. The molecule has 0 aromatic heterocycles. The first-order valence-electron chi connectivity index (χ1n) is 7.89. The summed E-state index contributed by atoms with van der Waals surface area (Å²) in [4.78, 5) is 7.03. The predicted molar refractivity (Wildman–Crippen MR) is 85.3 cm³/mol. The molecule has 1 aromatic carbocycles. The predicted octanol–water partition coefficient (Wildman–Crippen LogP) is 3.73. The highest BCUT2D eigenvalue weighted by atomic mass is 19.1. The van der Waals surface area contributed by atoms with Crippen LogP contribution in [0.4, 0.5) is 10.1 Å². The summed E-state index contributed by atoms with van der Waals surface area (Å²) in [5.41, 5.74) is 1.57. The van der Waals surface area contributed by atoms with E-state index in [1.54, 1.807) is 0 Å². The van der Waals surface area contributed by atoms with Gasteiger partial charge in [-0.05, 0) is 45.2 Å². The highest BCUT2D eigenvalue weighted by Gasteiger charge is 2.35. The summed E-state index contributed by atoms with van der Waals surface area (Å²) in [5, 5.41) is 4.06. The molecule has 1 saturated heterocycles. The van der Waals surface area contributed by atoms with Gasteiger partial charge >= 0.3 is 0 Å². The lowest BCUT2D eigenvalue weighted by Crippen LogP contribution is -2.37. The van der Waals surface area contributed by atoms with E-state index >= 15 is 4.39 Å². The van der Waals surface area contributed by atoms with Crippen molar-refractivity contribution in [3.05, 3.63) is 23.5 Å². The zero-order chi connectivity index (χ0) is 15.7. The standard InChI is InChI=1S/C17H23FN2O2/c1-17(2)11-13(19-21-3)12-7-8-14(15(18)16(12)22-17)20-9-5-4-6-10-20/h7-8H,4-6,9-11H2,1-3H3. The van der Waals surface area contributed by atoms with Gasteiger partial charge in [-0.25, -0.2) is 4.39 Å². The second kappa shape index (κ2) is 5.78. The fourth-order valence-electron chi connectivity index (χ4n) is 3.25. The van der Waals surface area contributed by atoms with Crippen LogP contribution in [0, 0.1) is 5.82 Å². The molecule has 2 heterocycles. The number of hydrogen-bond donors (Lipinski definition) is 0. The van der Waals surface area contributed by atoms with Crippen molar-refractivity contribution in [1.82, 2.24) is 0 Å². The van der Waals surface area contributed by atoms with E-state index in [2.05, 4.69) is 10.1 Å². The summed E-state index contributed by atoms with van der Waals surface area (Å²) >= 11 is 0. The van der Waals surface area contributed by atoms with Gasteiger partial charge in [0.25, 0.3) is 0 Å². The maximum atomic E-state index is 15.0. The van der Waals surface area contributed by atoms with Crippen molar-refractivity contribution in [2.75, 3.05) is 25.1 Å². The van der Waals surface area contributed by atoms with E-state index in [1.165, 1.54) is 13.5 Å². The fourth-order valence-corrected chi connectivity index (χ4v) is 3.25. The van der Waals surface area contributed by atoms with E-state index in [9.17, 15) is 0 Å². The molecule has 2 aliphatic rings. The molecule has 0 unspecified atom stereocenters. The summed E-state index contributed by atoms with van der Waals surface area (Å²) in [5.74, 6) is 0.0195. The van der Waals surface area contributed by atoms with Gasteiger partial charge in [0.05, 0.1) is 11.4 Å². The molecule has 22 heavy (non-hydrogen) atoms. The third-order valence-electron chi connectivity index (χ3n) is 4.26. The minimum atomic E-state index is -0.494. The van der Waals surface area contributed by atoms with E-state index < -0.39 is 5.60 Å². The molecule has 0 atom stereocenters. The summed E-state index contributed by atoms with van der Waals surface area (Å²) in [6, 6.07) is 3.74. The lowest BCUT2D eigenvalue weighted by atomic mass is 9.92. The normalized spacial score (nSPS) is 22.2. The van der Waals surface area contributed by atoms with E-state index in [1.807, 2.05) is 26.0 Å². The molecule has 0 N–H and O–H groups in total. The van der Waals surface area contributed by atoms with E-state index in [0.29, 0.717) is 23.4 Å². The Balaban J connectivity index is 2.04. The third-order valence-corrected chi connectivity index (χ3v) is 4.26. The fraction of sp³-hybridized carbons (Fsp3) is 0.588. The van der Waals surface area contributed by atoms with Crippen LogP contribution in [0.25, 0.3) is 0 Å². The van der Waals surface area contributed by atoms with Gasteiger partial charge in [-0.3, -0.25) is 0 Å². The van der Waals surface area contributed by atoms with Crippen molar-refractivity contribution in [2.45, 2.75) is 45.1 Å². The Kier molecular flexibility index (Phi) is 3.98. The number of ether oxygens (including phenoxy) is 1. The number of benzene rings is 1. The van der Waals surface area contributed by atoms with Gasteiger partial charge in [0.1, 0.15) is 12.7 Å². The molecule has 4 nitrogen and oxygen atoms in total. The van der Waals surface area contributed by atoms with Crippen LogP contribution in [-0.2, 0) is 4.84 Å². The largest absolute Gasteiger partial charge is 0.484 e. The molecule has 0 amide bonds. The molecule has 0 saturated carbocycles. The molecule has 0 spiro atoms. The molecule has 2 aliphatic heterocycles. The Labute approximate surface area is 130 Å². The zero-order valence-electron chi connectivity index (χ0n) is 13.5. The van der Waals surface area contributed by atoms with Crippen molar-refractivity contribution in [3.8, 4) is 5.75 Å². The topological polar surface area (TPSA) is 34.1 Å². The number of rotatable bonds is 2. The van der Waals surface area contributed by atoms with Crippen LogP contribution in [0.2, 0.25) is 0 Å². The molecule has 0 radical (unpaired) electrons. The highest BCUT2D eigenvalue weighted by Crippen LogP contribution is 2.39. The molecule has 0 bridgehead atoms. The number of piperidine rings is 1. The quantitative estimate of drug-likeness (QED) is 0.781. The van der Waals surface area contributed by atoms with E-state index in [-0.39, 0.29) is 5.82 Å². The van der Waals surface area contributed by atoms with Crippen LogP contribution in [-0.4, -0.2) is 31.5 Å². The average molecular weight is 306 g/mol. The Hall–Kier alpha value is -1.78. The SMILES string of the molecule is CON=C1CC(C)(C)Oc2c1ccc(N1CCCCC1)c2F. The number of oxime groups is 1. The van der Waals surface area contributed by atoms with Crippen LogP contribution in [0.3, 0.4) is 0 Å². The van der Waals surface area contributed by atoms with Crippen LogP contribution in [0.1, 0.15) is 45.1 Å². The van der Waals surface area contributed by atoms with Crippen LogP contribution in [0.5, 0.6) is 5.75 Å². The van der Waals surface area contributed by atoms with Crippen molar-refractivity contribution >= 4 is 11.4 Å². The maximum Gasteiger partial charge on any atom is 0.189 e. The second-order valence-corrected chi connectivity index (χ2v) is 6.58. The number of hydrogen-bond acceptors (Lipinski definition) is 4. The molecule has 5 heteroatoms. The minimum absolute atomic E-state index is 0.282. The lowest BCUT2D eigenvalue weighted by Gasteiger charge is -2.35. The Bertz CT molecular complexity index is 593. The summed E-state index contributed by atoms with van der Waals surface area (Å²) in [7, 11) is 1.51. The van der Waals surface area contributed by atoms with Crippen LogP contribution in [0.15, 0.2) is 17.3 Å². The zero-order valence-corrected chi connectivity index (χ0v) is 13.5. The lowest BCUT2D eigenvalue weighted by molar-refractivity contribution is 0.102. The van der Waals surface area contributed by atoms with Gasteiger partial charge in [0, 0.05) is 25.1 Å². The van der Waals surface area contributed by atoms with Gasteiger partial charge in [-0.2, -0.15) is 0 Å². The molecular weight excluding hydrogens is 283 g/mol. The number of anilines is 1. The first-order valence-corrected chi connectivity index (χ1v) is 7.89. The second-order valence-electron chi connectivity index (χ2n) is 6.58. The van der Waals surface area contributed by atoms with Gasteiger partial charge in [0.2, 0.25) is 0 Å². The number of nitrogens with zero attached hydrogens (tertiary/aromatic N) is 2. The average Bonchev–Trinajstić information content (AvgIpc) is 2.49. The number of fused-ring (bicyclic) bond motifs is 1. The summed E-state index contributed by atoms with van der Waals surface area (Å²) in [6.07, 6.45) is 4.03. The van der Waals surface area contributed by atoms with E-state index in [4.69, 9.17) is 9.57 Å². The molecular formula is C17H23FN2O2. The molecule has 3 rings (SSSR count). The smallest absolute Gasteiger partial charge is 0.189 e. The van der Waals surface area contributed by atoms with Gasteiger partial charge < -0.3 is 14.5 Å².